The number of ether oxygens (including phenoxy) is 1. The van der Waals surface area contributed by atoms with E-state index in [2.05, 4.69) is 24.6 Å². The summed E-state index contributed by atoms with van der Waals surface area (Å²) >= 11 is 0. The number of nitrogens with zero attached hydrogens (tertiary/aromatic N) is 6. The third-order valence-electron chi connectivity index (χ3n) is 6.17. The number of anilines is 2. The second-order valence-corrected chi connectivity index (χ2v) is 8.22. The molecule has 164 valence electrons. The molecule has 0 spiro atoms. The summed E-state index contributed by atoms with van der Waals surface area (Å²) in [4.78, 5) is 32.4. The molecule has 1 amide bonds. The van der Waals surface area contributed by atoms with Gasteiger partial charge in [-0.3, -0.25) is 4.79 Å². The zero-order valence-electron chi connectivity index (χ0n) is 17.3. The van der Waals surface area contributed by atoms with Crippen LogP contribution in [0.5, 0.6) is 5.88 Å². The van der Waals surface area contributed by atoms with Crippen molar-refractivity contribution in [3.05, 3.63) is 35.4 Å². The van der Waals surface area contributed by atoms with Gasteiger partial charge in [-0.15, -0.1) is 0 Å². The van der Waals surface area contributed by atoms with Gasteiger partial charge in [0.2, 0.25) is 11.8 Å². The number of hydrogen-bond acceptors (Lipinski definition) is 7. The highest BCUT2D eigenvalue weighted by molar-refractivity contribution is 5.81. The molecule has 0 aliphatic carbocycles. The Morgan fingerprint density at radius 2 is 2.03 bits per heavy atom. The lowest BCUT2D eigenvalue weighted by Gasteiger charge is -2.33. The van der Waals surface area contributed by atoms with Crippen LogP contribution in [0, 0.1) is 12.8 Å². The van der Waals surface area contributed by atoms with E-state index in [0.29, 0.717) is 32.6 Å². The van der Waals surface area contributed by atoms with Crippen molar-refractivity contribution in [1.82, 2.24) is 19.9 Å². The molecule has 2 saturated heterocycles. The van der Waals surface area contributed by atoms with Gasteiger partial charge in [-0.05, 0) is 25.8 Å². The van der Waals surface area contributed by atoms with Crippen LogP contribution >= 0.6 is 0 Å². The van der Waals surface area contributed by atoms with E-state index in [-0.39, 0.29) is 17.7 Å². The first-order valence-electron chi connectivity index (χ1n) is 10.5. The third kappa shape index (κ3) is 3.86. The normalized spacial score (nSPS) is 20.3. The monoisotopic (exact) mass is 430 g/mol. The maximum Gasteiger partial charge on any atom is 0.388 e. The lowest BCUT2D eigenvalue weighted by atomic mass is 10.1. The molecular weight excluding hydrogens is 406 g/mol. The van der Waals surface area contributed by atoms with Crippen LogP contribution in [0.15, 0.2) is 18.3 Å². The van der Waals surface area contributed by atoms with Crippen molar-refractivity contribution in [3.8, 4) is 5.88 Å². The Balaban J connectivity index is 1.27. The first-order chi connectivity index (χ1) is 15.0. The number of aryl methyl sites for hydroxylation is 1. The number of pyridine rings is 1. The summed E-state index contributed by atoms with van der Waals surface area (Å²) in [6.07, 6.45) is 3.32. The second kappa shape index (κ2) is 7.90. The van der Waals surface area contributed by atoms with E-state index < -0.39 is 6.61 Å². The van der Waals surface area contributed by atoms with Crippen molar-refractivity contribution < 1.29 is 18.3 Å². The fourth-order valence-corrected chi connectivity index (χ4v) is 4.51. The topological polar surface area (TPSA) is 74.7 Å². The van der Waals surface area contributed by atoms with E-state index in [1.807, 2.05) is 16.7 Å². The summed E-state index contributed by atoms with van der Waals surface area (Å²) in [5, 5.41) is 0. The van der Waals surface area contributed by atoms with Gasteiger partial charge in [0.05, 0.1) is 24.7 Å². The summed E-state index contributed by atoms with van der Waals surface area (Å²) < 4.78 is 29.3. The third-order valence-corrected chi connectivity index (χ3v) is 6.17. The molecule has 1 atom stereocenters. The van der Waals surface area contributed by atoms with Crippen molar-refractivity contribution >= 4 is 17.4 Å². The molecule has 31 heavy (non-hydrogen) atoms. The van der Waals surface area contributed by atoms with Crippen molar-refractivity contribution in [2.24, 2.45) is 5.92 Å². The molecule has 8 nitrogen and oxygen atoms in total. The van der Waals surface area contributed by atoms with Gasteiger partial charge in [-0.1, -0.05) is 0 Å². The predicted molar refractivity (Wildman–Crippen MR) is 109 cm³/mol. The zero-order chi connectivity index (χ0) is 21.5. The fourth-order valence-electron chi connectivity index (χ4n) is 4.51. The minimum atomic E-state index is -2.92. The van der Waals surface area contributed by atoms with Crippen LogP contribution in [0.2, 0.25) is 0 Å². The Kier molecular flexibility index (Phi) is 5.07. The smallest absolute Gasteiger partial charge is 0.388 e. The number of alkyl halides is 2. The molecule has 0 aromatic carbocycles. The van der Waals surface area contributed by atoms with Gasteiger partial charge < -0.3 is 19.4 Å². The largest absolute Gasteiger partial charge is 0.417 e. The molecular formula is C21H24F2N6O2. The Labute approximate surface area is 178 Å². The van der Waals surface area contributed by atoms with Crippen molar-refractivity contribution in [2.75, 3.05) is 36.0 Å². The average Bonchev–Trinajstić information content (AvgIpc) is 3.33. The molecule has 2 aromatic rings. The summed E-state index contributed by atoms with van der Waals surface area (Å²) in [5.74, 6) is 1.54. The van der Waals surface area contributed by atoms with Gasteiger partial charge in [0.1, 0.15) is 11.6 Å². The molecule has 0 radical (unpaired) electrons. The Morgan fingerprint density at radius 3 is 2.77 bits per heavy atom. The number of halogens is 2. The van der Waals surface area contributed by atoms with Crippen LogP contribution in [0.25, 0.3) is 0 Å². The van der Waals surface area contributed by atoms with Crippen LogP contribution in [-0.2, 0) is 17.9 Å². The predicted octanol–water partition coefficient (Wildman–Crippen LogP) is 2.36. The van der Waals surface area contributed by atoms with Gasteiger partial charge >= 0.3 is 6.61 Å². The molecule has 5 rings (SSSR count). The van der Waals surface area contributed by atoms with Crippen LogP contribution in [0.3, 0.4) is 0 Å². The zero-order valence-corrected chi connectivity index (χ0v) is 17.3. The van der Waals surface area contributed by atoms with E-state index >= 15 is 0 Å². The molecule has 3 aliphatic rings. The number of aromatic nitrogens is 3. The number of amides is 1. The van der Waals surface area contributed by atoms with E-state index in [1.165, 1.54) is 12.3 Å². The van der Waals surface area contributed by atoms with E-state index in [4.69, 9.17) is 0 Å². The molecule has 2 aromatic heterocycles. The number of carbonyl (C=O) groups is 1. The highest BCUT2D eigenvalue weighted by atomic mass is 19.3. The summed E-state index contributed by atoms with van der Waals surface area (Å²) in [6.45, 7) is 3.23. The van der Waals surface area contributed by atoms with Crippen LogP contribution in [0.4, 0.5) is 20.3 Å². The molecule has 0 saturated carbocycles. The number of hydrogen-bond donors (Lipinski definition) is 0. The molecule has 10 heteroatoms. The number of rotatable bonds is 5. The Hall–Kier alpha value is -3.04. The quantitative estimate of drug-likeness (QED) is 0.721. The van der Waals surface area contributed by atoms with Crippen molar-refractivity contribution in [2.45, 2.75) is 39.5 Å². The highest BCUT2D eigenvalue weighted by Gasteiger charge is 2.36. The van der Waals surface area contributed by atoms with Gasteiger partial charge in [-0.25, -0.2) is 15.0 Å². The van der Waals surface area contributed by atoms with Crippen molar-refractivity contribution in [1.29, 1.82) is 0 Å². The minimum absolute atomic E-state index is 0.103. The van der Waals surface area contributed by atoms with Gasteiger partial charge in [-0.2, -0.15) is 8.78 Å². The Bertz CT molecular complexity index is 1000. The maximum atomic E-state index is 13.3. The highest BCUT2D eigenvalue weighted by Crippen LogP contribution is 2.34. The number of carbonyl (C=O) groups excluding carboxylic acids is 1. The van der Waals surface area contributed by atoms with E-state index in [0.717, 1.165) is 48.1 Å². The fraction of sp³-hybridized carbons (Fsp3) is 0.524. The summed E-state index contributed by atoms with van der Waals surface area (Å²) in [7, 11) is 0. The SMILES string of the molecule is Cc1nc2c(c(N3CCC3)n1)CN(C(=O)[C@@H]1CCN(c3ccnc(OC(F)F)c3)C1)C2. The van der Waals surface area contributed by atoms with Crippen LogP contribution in [-0.4, -0.2) is 58.5 Å². The maximum absolute atomic E-state index is 13.3. The lowest BCUT2D eigenvalue weighted by Crippen LogP contribution is -2.39. The standard InChI is InChI=1S/C21H24F2N6O2/c1-13-25-17-12-29(11-16(17)19(26-13)27-6-2-7-27)20(30)14-4-8-28(10-14)15-3-5-24-18(9-15)31-21(22)23/h3,5,9,14,21H,2,4,6-8,10-12H2,1H3/t14-/m1/s1. The Morgan fingerprint density at radius 1 is 1.19 bits per heavy atom. The molecule has 0 N–H and O–H groups in total. The second-order valence-electron chi connectivity index (χ2n) is 8.22. The first kappa shape index (κ1) is 19.9. The molecule has 3 aliphatic heterocycles. The summed E-state index contributed by atoms with van der Waals surface area (Å²) in [6, 6.07) is 3.23. The molecule has 5 heterocycles. The van der Waals surface area contributed by atoms with Gasteiger partial charge in [0.25, 0.3) is 0 Å². The molecule has 0 bridgehead atoms. The van der Waals surface area contributed by atoms with Crippen molar-refractivity contribution in [3.63, 3.8) is 0 Å². The lowest BCUT2D eigenvalue weighted by molar-refractivity contribution is -0.135. The molecule has 0 unspecified atom stereocenters. The van der Waals surface area contributed by atoms with E-state index in [9.17, 15) is 13.6 Å². The van der Waals surface area contributed by atoms with Gasteiger partial charge in [0.15, 0.2) is 0 Å². The number of fused-ring (bicyclic) bond motifs is 1. The van der Waals surface area contributed by atoms with Crippen LogP contribution in [0.1, 0.15) is 29.9 Å². The first-order valence-corrected chi connectivity index (χ1v) is 10.5. The van der Waals surface area contributed by atoms with Gasteiger partial charge in [0, 0.05) is 49.7 Å². The van der Waals surface area contributed by atoms with E-state index in [1.54, 1.807) is 6.07 Å². The minimum Gasteiger partial charge on any atom is -0.417 e. The molecule has 2 fully saturated rings. The summed E-state index contributed by atoms with van der Waals surface area (Å²) in [5.41, 5.74) is 2.74. The average molecular weight is 430 g/mol. The van der Waals surface area contributed by atoms with Crippen LogP contribution < -0.4 is 14.5 Å².